The van der Waals surface area contributed by atoms with E-state index in [9.17, 15) is 0 Å². The van der Waals surface area contributed by atoms with Crippen LogP contribution in [0.5, 0.6) is 0 Å². The molecule has 0 unspecified atom stereocenters. The first-order chi connectivity index (χ1) is 8.56. The van der Waals surface area contributed by atoms with Crippen molar-refractivity contribution in [2.45, 2.75) is 13.8 Å². The number of nitrogens with two attached hydrogens (primary N) is 1. The van der Waals surface area contributed by atoms with Crippen LogP contribution in [0.1, 0.15) is 11.4 Å². The van der Waals surface area contributed by atoms with Crippen molar-refractivity contribution in [3.05, 3.63) is 29.7 Å². The second-order valence-electron chi connectivity index (χ2n) is 4.36. The number of nitrogens with zero attached hydrogens (tertiary/aromatic N) is 5. The molecule has 3 aromatic rings. The minimum Gasteiger partial charge on any atom is -0.366 e. The fraction of sp³-hybridized carbons (Fsp3) is 0.250. The lowest BCUT2D eigenvalue weighted by Crippen LogP contribution is -1.93. The summed E-state index contributed by atoms with van der Waals surface area (Å²) in [6.45, 7) is 4.05. The molecule has 0 saturated carbocycles. The van der Waals surface area contributed by atoms with Gasteiger partial charge in [-0.05, 0) is 26.0 Å². The summed E-state index contributed by atoms with van der Waals surface area (Å²) in [5.74, 6) is 0.284. The van der Waals surface area contributed by atoms with Crippen molar-refractivity contribution in [2.75, 3.05) is 5.73 Å². The average molecular weight is 242 g/mol. The molecule has 0 spiro atoms. The molecular formula is C12H14N6. The van der Waals surface area contributed by atoms with Crippen LogP contribution in [0.3, 0.4) is 0 Å². The Morgan fingerprint density at radius 2 is 1.94 bits per heavy atom. The van der Waals surface area contributed by atoms with E-state index in [0.717, 1.165) is 28.2 Å². The van der Waals surface area contributed by atoms with Crippen LogP contribution < -0.4 is 5.73 Å². The molecule has 0 atom stereocenters. The summed E-state index contributed by atoms with van der Waals surface area (Å²) in [5.41, 5.74) is 10.7. The molecule has 6 nitrogen and oxygen atoms in total. The number of hydrogen-bond donors (Lipinski definition) is 1. The maximum atomic E-state index is 5.58. The largest absolute Gasteiger partial charge is 0.366 e. The van der Waals surface area contributed by atoms with Crippen LogP contribution in [-0.4, -0.2) is 24.4 Å². The van der Waals surface area contributed by atoms with Crippen LogP contribution in [0.25, 0.3) is 16.8 Å². The van der Waals surface area contributed by atoms with E-state index in [1.54, 1.807) is 4.52 Å². The van der Waals surface area contributed by atoms with Crippen molar-refractivity contribution in [3.63, 3.8) is 0 Å². The first kappa shape index (κ1) is 10.8. The van der Waals surface area contributed by atoms with Gasteiger partial charge in [0.25, 0.3) is 0 Å². The first-order valence-electron chi connectivity index (χ1n) is 5.69. The fourth-order valence-corrected chi connectivity index (χ4v) is 2.24. The molecule has 0 amide bonds. The molecule has 6 heteroatoms. The van der Waals surface area contributed by atoms with Crippen molar-refractivity contribution >= 4 is 11.6 Å². The molecule has 0 aliphatic carbocycles. The number of aromatic nitrogens is 5. The van der Waals surface area contributed by atoms with E-state index in [1.807, 2.05) is 37.0 Å². The van der Waals surface area contributed by atoms with Gasteiger partial charge in [-0.25, -0.2) is 4.52 Å². The highest BCUT2D eigenvalue weighted by atomic mass is 15.3. The molecular weight excluding hydrogens is 228 g/mol. The zero-order chi connectivity index (χ0) is 12.9. The zero-order valence-electron chi connectivity index (χ0n) is 10.5. The topological polar surface area (TPSA) is 74.0 Å². The molecule has 2 N–H and O–H groups in total. The third-order valence-electron chi connectivity index (χ3n) is 3.15. The number of aryl methyl sites for hydroxylation is 2. The predicted molar refractivity (Wildman–Crippen MR) is 69.1 cm³/mol. The predicted octanol–water partition coefficient (Wildman–Crippen LogP) is 1.33. The first-order valence-corrected chi connectivity index (χ1v) is 5.69. The Morgan fingerprint density at radius 1 is 1.17 bits per heavy atom. The normalized spacial score (nSPS) is 11.3. The second kappa shape index (κ2) is 3.56. The summed E-state index contributed by atoms with van der Waals surface area (Å²) in [7, 11) is 1.94. The van der Waals surface area contributed by atoms with Gasteiger partial charge in [0.15, 0.2) is 5.65 Å². The molecule has 0 bridgehead atoms. The summed E-state index contributed by atoms with van der Waals surface area (Å²) in [5, 5.41) is 8.54. The monoisotopic (exact) mass is 242 g/mol. The number of hydrogen-bond acceptors (Lipinski definition) is 4. The van der Waals surface area contributed by atoms with Crippen molar-refractivity contribution in [2.24, 2.45) is 7.05 Å². The van der Waals surface area contributed by atoms with Crippen molar-refractivity contribution in [3.8, 4) is 11.1 Å². The summed E-state index contributed by atoms with van der Waals surface area (Å²) in [4.78, 5) is 4.11. The van der Waals surface area contributed by atoms with Crippen LogP contribution >= 0.6 is 0 Å². The zero-order valence-corrected chi connectivity index (χ0v) is 10.5. The van der Waals surface area contributed by atoms with Gasteiger partial charge in [0.2, 0.25) is 5.95 Å². The van der Waals surface area contributed by atoms with Gasteiger partial charge < -0.3 is 5.73 Å². The lowest BCUT2D eigenvalue weighted by Gasteiger charge is -2.02. The molecule has 0 aliphatic rings. The van der Waals surface area contributed by atoms with Gasteiger partial charge >= 0.3 is 0 Å². The maximum Gasteiger partial charge on any atom is 0.240 e. The summed E-state index contributed by atoms with van der Waals surface area (Å²) >= 11 is 0. The lowest BCUT2D eigenvalue weighted by atomic mass is 10.1. The molecule has 0 saturated heterocycles. The van der Waals surface area contributed by atoms with Crippen LogP contribution in [0.4, 0.5) is 5.95 Å². The van der Waals surface area contributed by atoms with E-state index in [-0.39, 0.29) is 5.95 Å². The van der Waals surface area contributed by atoms with Crippen LogP contribution in [0.15, 0.2) is 18.3 Å². The minimum atomic E-state index is 0.284. The molecule has 0 fully saturated rings. The number of nitrogen functional groups attached to an aromatic ring is 1. The second-order valence-corrected chi connectivity index (χ2v) is 4.36. The third-order valence-corrected chi connectivity index (χ3v) is 3.15. The molecule has 92 valence electrons. The Kier molecular flexibility index (Phi) is 2.13. The molecule has 0 aliphatic heterocycles. The highest BCUT2D eigenvalue weighted by molar-refractivity contribution is 5.69. The number of anilines is 1. The van der Waals surface area contributed by atoms with Crippen molar-refractivity contribution in [1.82, 2.24) is 24.4 Å². The number of rotatable bonds is 1. The van der Waals surface area contributed by atoms with Crippen LogP contribution in [-0.2, 0) is 7.05 Å². The highest BCUT2D eigenvalue weighted by Crippen LogP contribution is 2.26. The Hall–Kier alpha value is -2.37. The SMILES string of the molecule is Cc1nn(C)c(C)c1-c1ccc2nc(N)nn2c1. The Morgan fingerprint density at radius 3 is 2.61 bits per heavy atom. The fourth-order valence-electron chi connectivity index (χ4n) is 2.24. The Bertz CT molecular complexity index is 736. The van der Waals surface area contributed by atoms with Gasteiger partial charge in [0, 0.05) is 30.1 Å². The van der Waals surface area contributed by atoms with E-state index >= 15 is 0 Å². The molecule has 0 aromatic carbocycles. The smallest absolute Gasteiger partial charge is 0.240 e. The van der Waals surface area contributed by atoms with E-state index in [4.69, 9.17) is 5.73 Å². The van der Waals surface area contributed by atoms with Crippen LogP contribution in [0, 0.1) is 13.8 Å². The minimum absolute atomic E-state index is 0.284. The van der Waals surface area contributed by atoms with E-state index in [1.165, 1.54) is 0 Å². The van der Waals surface area contributed by atoms with Gasteiger partial charge in [0.05, 0.1) is 5.69 Å². The van der Waals surface area contributed by atoms with Gasteiger partial charge in [-0.2, -0.15) is 10.1 Å². The number of fused-ring (bicyclic) bond motifs is 1. The average Bonchev–Trinajstić information content (AvgIpc) is 2.78. The molecule has 3 heterocycles. The molecule has 3 aromatic heterocycles. The number of pyridine rings is 1. The van der Waals surface area contributed by atoms with E-state index in [2.05, 4.69) is 22.1 Å². The summed E-state index contributed by atoms with van der Waals surface area (Å²) < 4.78 is 3.57. The van der Waals surface area contributed by atoms with Gasteiger partial charge in [-0.15, -0.1) is 5.10 Å². The van der Waals surface area contributed by atoms with E-state index in [0.29, 0.717) is 0 Å². The highest BCUT2D eigenvalue weighted by Gasteiger charge is 2.12. The van der Waals surface area contributed by atoms with E-state index < -0.39 is 0 Å². The maximum absolute atomic E-state index is 5.58. The molecule has 18 heavy (non-hydrogen) atoms. The van der Waals surface area contributed by atoms with Crippen molar-refractivity contribution in [1.29, 1.82) is 0 Å². The molecule has 3 rings (SSSR count). The van der Waals surface area contributed by atoms with Gasteiger partial charge in [-0.3, -0.25) is 4.68 Å². The summed E-state index contributed by atoms with van der Waals surface area (Å²) in [6.07, 6.45) is 1.93. The van der Waals surface area contributed by atoms with Gasteiger partial charge in [-0.1, -0.05) is 0 Å². The Balaban J connectivity index is 2.24. The summed E-state index contributed by atoms with van der Waals surface area (Å²) in [6, 6.07) is 3.92. The Labute approximate surface area is 104 Å². The van der Waals surface area contributed by atoms with Gasteiger partial charge in [0.1, 0.15) is 0 Å². The quantitative estimate of drug-likeness (QED) is 0.698. The molecule has 0 radical (unpaired) electrons. The lowest BCUT2D eigenvalue weighted by molar-refractivity contribution is 0.731. The standard InChI is InChI=1S/C12H14N6/c1-7-11(8(2)17(3)15-7)9-4-5-10-14-12(13)16-18(10)6-9/h4-6H,1-3H3,(H2,13,16). The van der Waals surface area contributed by atoms with Crippen LogP contribution in [0.2, 0.25) is 0 Å². The third kappa shape index (κ3) is 1.46. The van der Waals surface area contributed by atoms with Crippen molar-refractivity contribution < 1.29 is 0 Å².